The Labute approximate surface area is 182 Å². The lowest BCUT2D eigenvalue weighted by molar-refractivity contribution is 0.143. The Balaban J connectivity index is 1.29. The van der Waals surface area contributed by atoms with Gasteiger partial charge in [-0.3, -0.25) is 0 Å². The number of halogens is 1. The van der Waals surface area contributed by atoms with Gasteiger partial charge in [0, 0.05) is 17.5 Å². The molecule has 0 heterocycles. The third-order valence-electron chi connectivity index (χ3n) is 5.48. The Morgan fingerprint density at radius 2 is 1.67 bits per heavy atom. The molecule has 1 aliphatic carbocycles. The highest BCUT2D eigenvalue weighted by Gasteiger charge is 2.28. The molecule has 1 amide bonds. The summed E-state index contributed by atoms with van der Waals surface area (Å²) in [5.41, 5.74) is 7.02. The Bertz CT molecular complexity index is 1020. The lowest BCUT2D eigenvalue weighted by atomic mass is 9.98. The molecule has 1 N–H and O–H groups in total. The molecule has 0 aliphatic heterocycles. The zero-order chi connectivity index (χ0) is 20.9. The maximum Gasteiger partial charge on any atom is 0.407 e. The number of fused-ring (bicyclic) bond motifs is 3. The molecule has 0 spiro atoms. The van der Waals surface area contributed by atoms with E-state index in [1.54, 1.807) is 0 Å². The van der Waals surface area contributed by atoms with Crippen LogP contribution in [0.5, 0.6) is 0 Å². The summed E-state index contributed by atoms with van der Waals surface area (Å²) >= 11 is 6.23. The summed E-state index contributed by atoms with van der Waals surface area (Å²) in [5, 5.41) is 3.56. The molecule has 0 aromatic heterocycles. The van der Waals surface area contributed by atoms with E-state index in [1.807, 2.05) is 61.5 Å². The van der Waals surface area contributed by atoms with Gasteiger partial charge in [0.05, 0.1) is 0 Å². The van der Waals surface area contributed by atoms with Crippen LogP contribution in [-0.2, 0) is 4.74 Å². The number of carbonyl (C=O) groups is 1. The molecule has 152 valence electrons. The zero-order valence-electron chi connectivity index (χ0n) is 16.9. The van der Waals surface area contributed by atoms with Crippen LogP contribution in [0.4, 0.5) is 4.79 Å². The van der Waals surface area contributed by atoms with E-state index in [1.165, 1.54) is 22.3 Å². The highest BCUT2D eigenvalue weighted by molar-refractivity contribution is 6.32. The molecule has 1 aliphatic rings. The number of carbonyl (C=O) groups excluding carboxylic acids is 1. The average Bonchev–Trinajstić information content (AvgIpc) is 3.08. The molecule has 3 aromatic rings. The van der Waals surface area contributed by atoms with Gasteiger partial charge in [0.2, 0.25) is 0 Å². The van der Waals surface area contributed by atoms with E-state index in [0.717, 1.165) is 16.1 Å². The predicted molar refractivity (Wildman–Crippen MR) is 123 cm³/mol. The van der Waals surface area contributed by atoms with E-state index in [-0.39, 0.29) is 12.0 Å². The smallest absolute Gasteiger partial charge is 0.407 e. The van der Waals surface area contributed by atoms with Gasteiger partial charge in [-0.2, -0.15) is 0 Å². The summed E-state index contributed by atoms with van der Waals surface area (Å²) < 4.78 is 5.55. The number of hydrogen-bond acceptors (Lipinski definition) is 2. The molecule has 4 rings (SSSR count). The maximum atomic E-state index is 12.2. The number of aryl methyl sites for hydroxylation is 1. The average molecular weight is 418 g/mol. The molecule has 0 saturated heterocycles. The van der Waals surface area contributed by atoms with Crippen molar-refractivity contribution in [1.82, 2.24) is 5.32 Å². The van der Waals surface area contributed by atoms with Crippen molar-refractivity contribution in [3.63, 3.8) is 0 Å². The maximum absolute atomic E-state index is 12.2. The molecule has 4 heteroatoms. The number of hydrogen-bond donors (Lipinski definition) is 1. The third kappa shape index (κ3) is 4.27. The molecule has 30 heavy (non-hydrogen) atoms. The van der Waals surface area contributed by atoms with E-state index >= 15 is 0 Å². The third-order valence-corrected chi connectivity index (χ3v) is 5.81. The molecule has 3 aromatic carbocycles. The minimum absolute atomic E-state index is 0.0752. The van der Waals surface area contributed by atoms with Crippen LogP contribution in [0.1, 0.15) is 34.6 Å². The van der Waals surface area contributed by atoms with E-state index in [2.05, 4.69) is 29.6 Å². The van der Waals surface area contributed by atoms with Gasteiger partial charge in [-0.1, -0.05) is 84.4 Å². The number of alkyl carbamates (subject to hydrolysis) is 1. The fourth-order valence-electron chi connectivity index (χ4n) is 3.96. The Hall–Kier alpha value is -3.04. The number of nitrogens with one attached hydrogen (secondary N) is 1. The summed E-state index contributed by atoms with van der Waals surface area (Å²) in [6.07, 6.45) is 4.32. The largest absolute Gasteiger partial charge is 0.449 e. The lowest BCUT2D eigenvalue weighted by Crippen LogP contribution is -2.26. The van der Waals surface area contributed by atoms with E-state index < -0.39 is 0 Å². The van der Waals surface area contributed by atoms with E-state index in [0.29, 0.717) is 19.6 Å². The van der Waals surface area contributed by atoms with Crippen molar-refractivity contribution >= 4 is 23.8 Å². The van der Waals surface area contributed by atoms with Crippen molar-refractivity contribution < 1.29 is 9.53 Å². The van der Waals surface area contributed by atoms with E-state index in [4.69, 9.17) is 16.3 Å². The molecule has 0 fully saturated rings. The molecule has 0 bridgehead atoms. The van der Waals surface area contributed by atoms with Gasteiger partial charge in [-0.05, 0) is 52.8 Å². The number of ether oxygens (including phenoxy) is 1. The summed E-state index contributed by atoms with van der Waals surface area (Å²) in [5.74, 6) is 0.0752. The van der Waals surface area contributed by atoms with Crippen molar-refractivity contribution in [3.05, 3.63) is 100 Å². The van der Waals surface area contributed by atoms with Crippen LogP contribution in [-0.4, -0.2) is 19.2 Å². The summed E-state index contributed by atoms with van der Waals surface area (Å²) in [7, 11) is 0. The van der Waals surface area contributed by atoms with Gasteiger partial charge in [0.1, 0.15) is 6.61 Å². The van der Waals surface area contributed by atoms with Gasteiger partial charge in [0.15, 0.2) is 0 Å². The molecule has 0 unspecified atom stereocenters. The molecule has 0 atom stereocenters. The van der Waals surface area contributed by atoms with Gasteiger partial charge in [-0.25, -0.2) is 4.79 Å². The van der Waals surface area contributed by atoms with Crippen molar-refractivity contribution in [3.8, 4) is 11.1 Å². The fourth-order valence-corrected chi connectivity index (χ4v) is 4.25. The zero-order valence-corrected chi connectivity index (χ0v) is 17.7. The second kappa shape index (κ2) is 9.19. The van der Waals surface area contributed by atoms with Crippen LogP contribution >= 0.6 is 11.6 Å². The lowest BCUT2D eigenvalue weighted by Gasteiger charge is -2.14. The highest BCUT2D eigenvalue weighted by Crippen LogP contribution is 2.44. The topological polar surface area (TPSA) is 38.3 Å². The fraction of sp³-hybridized carbons (Fsp3) is 0.192. The first-order chi connectivity index (χ1) is 14.6. The monoisotopic (exact) mass is 417 g/mol. The first kappa shape index (κ1) is 20.2. The van der Waals surface area contributed by atoms with Crippen LogP contribution in [0.15, 0.2) is 72.8 Å². The molecular weight excluding hydrogens is 394 g/mol. The minimum Gasteiger partial charge on any atom is -0.449 e. The summed E-state index contributed by atoms with van der Waals surface area (Å²) in [4.78, 5) is 12.2. The standard InChI is InChI=1S/C26H24ClNO2/c1-18-9-8-15-25(27)19(18)10-6-7-16-28-26(29)30-17-24-22-13-4-2-11-20(22)21-12-3-5-14-23(21)24/h2-6,8-15,24H,7,16-17H2,1H3,(H,28,29). The van der Waals surface area contributed by atoms with Crippen LogP contribution in [0.3, 0.4) is 0 Å². The number of amides is 1. The Morgan fingerprint density at radius 3 is 2.33 bits per heavy atom. The summed E-state index contributed by atoms with van der Waals surface area (Å²) in [6.45, 7) is 2.87. The normalized spacial score (nSPS) is 12.6. The highest BCUT2D eigenvalue weighted by atomic mass is 35.5. The van der Waals surface area contributed by atoms with Crippen molar-refractivity contribution in [2.45, 2.75) is 19.3 Å². The minimum atomic E-state index is -0.390. The van der Waals surface area contributed by atoms with Crippen LogP contribution < -0.4 is 5.32 Å². The summed E-state index contributed by atoms with van der Waals surface area (Å²) in [6, 6.07) is 22.5. The van der Waals surface area contributed by atoms with Crippen molar-refractivity contribution in [1.29, 1.82) is 0 Å². The predicted octanol–water partition coefficient (Wildman–Crippen LogP) is 6.59. The van der Waals surface area contributed by atoms with Crippen LogP contribution in [0.2, 0.25) is 5.02 Å². The van der Waals surface area contributed by atoms with Crippen LogP contribution in [0.25, 0.3) is 17.2 Å². The second-order valence-corrected chi connectivity index (χ2v) is 7.82. The number of benzene rings is 3. The quantitative estimate of drug-likeness (QED) is 0.459. The Morgan fingerprint density at radius 1 is 1.00 bits per heavy atom. The first-order valence-electron chi connectivity index (χ1n) is 10.2. The number of rotatable bonds is 6. The van der Waals surface area contributed by atoms with Gasteiger partial charge in [0.25, 0.3) is 0 Å². The van der Waals surface area contributed by atoms with Gasteiger partial charge < -0.3 is 10.1 Å². The van der Waals surface area contributed by atoms with Gasteiger partial charge >= 0.3 is 6.09 Å². The SMILES string of the molecule is Cc1cccc(Cl)c1C=CCCNC(=O)OCC1c2ccccc2-c2ccccc21. The van der Waals surface area contributed by atoms with Crippen molar-refractivity contribution in [2.75, 3.05) is 13.2 Å². The van der Waals surface area contributed by atoms with Crippen molar-refractivity contribution in [2.24, 2.45) is 0 Å². The Kier molecular flexibility index (Phi) is 6.20. The second-order valence-electron chi connectivity index (χ2n) is 7.41. The van der Waals surface area contributed by atoms with E-state index in [9.17, 15) is 4.79 Å². The van der Waals surface area contributed by atoms with Gasteiger partial charge in [-0.15, -0.1) is 0 Å². The molecule has 3 nitrogen and oxygen atoms in total. The molecule has 0 radical (unpaired) electrons. The molecular formula is C26H24ClNO2. The first-order valence-corrected chi connectivity index (χ1v) is 10.5. The molecule has 0 saturated carbocycles. The van der Waals surface area contributed by atoms with Crippen LogP contribution in [0, 0.1) is 6.92 Å².